The fourth-order valence-corrected chi connectivity index (χ4v) is 2.90. The van der Waals surface area contributed by atoms with Crippen molar-refractivity contribution in [2.24, 2.45) is 0 Å². The number of benzene rings is 2. The molecule has 0 bridgehead atoms. The maximum atomic E-state index is 12.8. The highest BCUT2D eigenvalue weighted by atomic mass is 16.5. The van der Waals surface area contributed by atoms with Crippen LogP contribution in [0.1, 0.15) is 33.8 Å². The average Bonchev–Trinajstić information content (AvgIpc) is 3.28. The van der Waals surface area contributed by atoms with Crippen molar-refractivity contribution in [3.63, 3.8) is 0 Å². The fraction of sp³-hybridized carbons (Fsp3) is 0.158. The molecule has 2 aromatic carbocycles. The summed E-state index contributed by atoms with van der Waals surface area (Å²) in [5, 5.41) is 14.7. The summed E-state index contributed by atoms with van der Waals surface area (Å²) < 4.78 is 5.22. The van der Waals surface area contributed by atoms with Crippen LogP contribution in [0, 0.1) is 6.92 Å². The smallest absolute Gasteiger partial charge is 0.272 e. The molecule has 26 heavy (non-hydrogen) atoms. The molecule has 2 N–H and O–H groups in total. The number of rotatable bonds is 5. The summed E-state index contributed by atoms with van der Waals surface area (Å²) >= 11 is 0. The minimum atomic E-state index is -0.306. The van der Waals surface area contributed by atoms with Crippen molar-refractivity contribution in [3.8, 4) is 0 Å². The van der Waals surface area contributed by atoms with Crippen LogP contribution in [0.5, 0.6) is 0 Å². The molecule has 0 aliphatic carbocycles. The second-order valence-corrected chi connectivity index (χ2v) is 5.99. The van der Waals surface area contributed by atoms with Crippen molar-refractivity contribution >= 4 is 16.8 Å². The van der Waals surface area contributed by atoms with E-state index in [0.29, 0.717) is 23.8 Å². The highest BCUT2D eigenvalue weighted by Gasteiger charge is 2.21. The number of amides is 1. The molecule has 0 spiro atoms. The van der Waals surface area contributed by atoms with E-state index in [4.69, 9.17) is 4.52 Å². The van der Waals surface area contributed by atoms with Gasteiger partial charge in [-0.25, -0.2) is 0 Å². The summed E-state index contributed by atoms with van der Waals surface area (Å²) in [5.41, 5.74) is 2.14. The minimum absolute atomic E-state index is 0.257. The van der Waals surface area contributed by atoms with Crippen molar-refractivity contribution in [1.29, 1.82) is 0 Å². The summed E-state index contributed by atoms with van der Waals surface area (Å²) in [6, 6.07) is 16.9. The van der Waals surface area contributed by atoms with Gasteiger partial charge in [0.2, 0.25) is 5.89 Å². The summed E-state index contributed by atoms with van der Waals surface area (Å²) in [4.78, 5) is 17.1. The molecule has 1 amide bonds. The molecule has 4 aromatic rings. The van der Waals surface area contributed by atoms with Crippen LogP contribution < -0.4 is 5.32 Å². The van der Waals surface area contributed by atoms with Gasteiger partial charge in [0.25, 0.3) is 5.91 Å². The van der Waals surface area contributed by atoms with E-state index >= 15 is 0 Å². The van der Waals surface area contributed by atoms with Crippen LogP contribution in [-0.2, 0) is 6.42 Å². The van der Waals surface area contributed by atoms with Gasteiger partial charge in [-0.15, -0.1) is 0 Å². The number of hydrogen-bond acceptors (Lipinski definition) is 5. The molecule has 7 nitrogen and oxygen atoms in total. The molecule has 1 atom stereocenters. The van der Waals surface area contributed by atoms with E-state index in [2.05, 4.69) is 25.7 Å². The van der Waals surface area contributed by atoms with E-state index in [-0.39, 0.29) is 11.9 Å². The topological polar surface area (TPSA) is 96.7 Å². The molecule has 7 heteroatoms. The monoisotopic (exact) mass is 347 g/mol. The summed E-state index contributed by atoms with van der Waals surface area (Å²) in [5.74, 6) is 0.785. The van der Waals surface area contributed by atoms with E-state index in [0.717, 1.165) is 16.5 Å². The number of aryl methyl sites for hydroxylation is 1. The van der Waals surface area contributed by atoms with E-state index in [1.807, 2.05) is 54.6 Å². The Hall–Kier alpha value is -3.48. The van der Waals surface area contributed by atoms with Crippen molar-refractivity contribution in [1.82, 2.24) is 25.7 Å². The third kappa shape index (κ3) is 3.19. The van der Waals surface area contributed by atoms with Gasteiger partial charge in [0.15, 0.2) is 11.5 Å². The van der Waals surface area contributed by atoms with Gasteiger partial charge < -0.3 is 9.84 Å². The summed E-state index contributed by atoms with van der Waals surface area (Å²) in [7, 11) is 0. The maximum absolute atomic E-state index is 12.8. The molecule has 0 aliphatic heterocycles. The standard InChI is InChI=1S/C19H17N5O2/c1-12-20-17(26-24-12)11-16(13-7-3-2-4-8-13)21-19(25)18-14-9-5-6-10-15(14)22-23-18/h2-10,16H,11H2,1H3,(H,21,25)(H,22,23). The Morgan fingerprint density at radius 3 is 2.69 bits per heavy atom. The van der Waals surface area contributed by atoms with Crippen LogP contribution in [0.4, 0.5) is 0 Å². The third-order valence-corrected chi connectivity index (χ3v) is 4.14. The largest absolute Gasteiger partial charge is 0.343 e. The first-order valence-corrected chi connectivity index (χ1v) is 8.29. The number of aromatic amines is 1. The van der Waals surface area contributed by atoms with Gasteiger partial charge in [-0.3, -0.25) is 9.89 Å². The lowest BCUT2D eigenvalue weighted by Gasteiger charge is -2.17. The number of hydrogen-bond donors (Lipinski definition) is 2. The highest BCUT2D eigenvalue weighted by molar-refractivity contribution is 6.04. The van der Waals surface area contributed by atoms with Crippen LogP contribution in [0.15, 0.2) is 59.1 Å². The molecule has 0 aliphatic rings. The van der Waals surface area contributed by atoms with Gasteiger partial charge in [-0.05, 0) is 18.6 Å². The van der Waals surface area contributed by atoms with E-state index < -0.39 is 0 Å². The minimum Gasteiger partial charge on any atom is -0.343 e. The van der Waals surface area contributed by atoms with E-state index in [9.17, 15) is 4.79 Å². The molecule has 0 radical (unpaired) electrons. The van der Waals surface area contributed by atoms with Gasteiger partial charge in [0, 0.05) is 5.39 Å². The zero-order valence-corrected chi connectivity index (χ0v) is 14.1. The number of para-hydroxylation sites is 1. The Morgan fingerprint density at radius 1 is 1.15 bits per heavy atom. The number of H-pyrrole nitrogens is 1. The molecule has 2 aromatic heterocycles. The molecule has 0 saturated carbocycles. The molecule has 1 unspecified atom stereocenters. The lowest BCUT2D eigenvalue weighted by Crippen LogP contribution is -2.30. The number of fused-ring (bicyclic) bond motifs is 1. The van der Waals surface area contributed by atoms with E-state index in [1.54, 1.807) is 6.92 Å². The molecular weight excluding hydrogens is 330 g/mol. The molecule has 130 valence electrons. The molecule has 0 saturated heterocycles. The lowest BCUT2D eigenvalue weighted by atomic mass is 10.0. The van der Waals surface area contributed by atoms with Gasteiger partial charge in [0.05, 0.1) is 18.0 Å². The first-order chi connectivity index (χ1) is 12.7. The van der Waals surface area contributed by atoms with Crippen molar-refractivity contribution < 1.29 is 9.32 Å². The van der Waals surface area contributed by atoms with Crippen LogP contribution in [0.25, 0.3) is 10.9 Å². The molecule has 0 fully saturated rings. The predicted molar refractivity (Wildman–Crippen MR) is 95.5 cm³/mol. The Bertz CT molecular complexity index is 1040. The molecular formula is C19H17N5O2. The normalized spacial score (nSPS) is 12.2. The van der Waals surface area contributed by atoms with Gasteiger partial charge in [0.1, 0.15) is 0 Å². The Labute approximate surface area is 149 Å². The fourth-order valence-electron chi connectivity index (χ4n) is 2.90. The Morgan fingerprint density at radius 2 is 1.92 bits per heavy atom. The van der Waals surface area contributed by atoms with Crippen molar-refractivity contribution in [2.75, 3.05) is 0 Å². The number of aromatic nitrogens is 4. The van der Waals surface area contributed by atoms with Gasteiger partial charge >= 0.3 is 0 Å². The second kappa shape index (κ2) is 6.79. The SMILES string of the molecule is Cc1noc(CC(NC(=O)c2n[nH]c3ccccc23)c2ccccc2)n1. The Kier molecular flexibility index (Phi) is 4.18. The zero-order chi connectivity index (χ0) is 17.9. The number of nitrogens with zero attached hydrogens (tertiary/aromatic N) is 3. The number of carbonyl (C=O) groups is 1. The van der Waals surface area contributed by atoms with Gasteiger partial charge in [-0.1, -0.05) is 53.7 Å². The third-order valence-electron chi connectivity index (χ3n) is 4.14. The number of nitrogens with one attached hydrogen (secondary N) is 2. The highest BCUT2D eigenvalue weighted by Crippen LogP contribution is 2.20. The molecule has 2 heterocycles. The van der Waals surface area contributed by atoms with Crippen LogP contribution in [0.3, 0.4) is 0 Å². The van der Waals surface area contributed by atoms with Crippen LogP contribution in [-0.4, -0.2) is 26.2 Å². The van der Waals surface area contributed by atoms with Crippen molar-refractivity contribution in [3.05, 3.63) is 77.6 Å². The predicted octanol–water partition coefficient (Wildman–Crippen LogP) is 2.97. The van der Waals surface area contributed by atoms with Crippen LogP contribution in [0.2, 0.25) is 0 Å². The van der Waals surface area contributed by atoms with E-state index in [1.165, 1.54) is 0 Å². The Balaban J connectivity index is 1.62. The maximum Gasteiger partial charge on any atom is 0.272 e. The lowest BCUT2D eigenvalue weighted by molar-refractivity contribution is 0.0931. The average molecular weight is 347 g/mol. The molecule has 4 rings (SSSR count). The first-order valence-electron chi connectivity index (χ1n) is 8.29. The van der Waals surface area contributed by atoms with Crippen molar-refractivity contribution in [2.45, 2.75) is 19.4 Å². The summed E-state index contributed by atoms with van der Waals surface area (Å²) in [6.45, 7) is 1.76. The summed E-state index contributed by atoms with van der Waals surface area (Å²) in [6.07, 6.45) is 0.402. The number of carbonyl (C=O) groups excluding carboxylic acids is 1. The van der Waals surface area contributed by atoms with Crippen LogP contribution >= 0.6 is 0 Å². The quantitative estimate of drug-likeness (QED) is 0.578. The first kappa shape index (κ1) is 16.0. The van der Waals surface area contributed by atoms with Gasteiger partial charge in [-0.2, -0.15) is 10.1 Å². The zero-order valence-electron chi connectivity index (χ0n) is 14.1. The second-order valence-electron chi connectivity index (χ2n) is 5.99.